The highest BCUT2D eigenvalue weighted by Gasteiger charge is 2.20. The maximum absolute atomic E-state index is 13.9. The van der Waals surface area contributed by atoms with Crippen molar-refractivity contribution in [1.29, 1.82) is 0 Å². The Kier molecular flexibility index (Phi) is 5.01. The first-order chi connectivity index (χ1) is 8.70. The molecule has 0 saturated heterocycles. The average molecular weight is 271 g/mol. The molecule has 4 heteroatoms. The van der Waals surface area contributed by atoms with E-state index in [1.54, 1.807) is 0 Å². The van der Waals surface area contributed by atoms with E-state index in [1.807, 2.05) is 6.92 Å². The van der Waals surface area contributed by atoms with Gasteiger partial charge in [0.05, 0.1) is 4.90 Å². The summed E-state index contributed by atoms with van der Waals surface area (Å²) in [5, 5.41) is 3.45. The second kappa shape index (κ2) is 6.53. The third-order valence-electron chi connectivity index (χ3n) is 3.22. The molecule has 0 spiro atoms. The Bertz CT molecular complexity index is 380. The second-order valence-electron chi connectivity index (χ2n) is 4.69. The quantitative estimate of drug-likeness (QED) is 0.865. The molecular weight excluding hydrogens is 252 g/mol. The van der Waals surface area contributed by atoms with Gasteiger partial charge in [0.15, 0.2) is 0 Å². The highest BCUT2D eigenvalue weighted by atomic mass is 32.2. The molecule has 0 heterocycles. The van der Waals surface area contributed by atoms with Crippen molar-refractivity contribution >= 4 is 11.8 Å². The third kappa shape index (κ3) is 3.45. The van der Waals surface area contributed by atoms with E-state index in [2.05, 4.69) is 5.32 Å². The minimum atomic E-state index is -0.417. The topological polar surface area (TPSA) is 12.0 Å². The van der Waals surface area contributed by atoms with Gasteiger partial charge < -0.3 is 5.32 Å². The predicted molar refractivity (Wildman–Crippen MR) is 71.9 cm³/mol. The summed E-state index contributed by atoms with van der Waals surface area (Å²) in [7, 11) is 0. The normalized spacial score (nSPS) is 16.4. The number of hydrogen-bond acceptors (Lipinski definition) is 2. The van der Waals surface area contributed by atoms with Crippen LogP contribution >= 0.6 is 11.8 Å². The van der Waals surface area contributed by atoms with Gasteiger partial charge in [0, 0.05) is 11.8 Å². The second-order valence-corrected chi connectivity index (χ2v) is 6.00. The van der Waals surface area contributed by atoms with Crippen molar-refractivity contribution in [3.05, 3.63) is 29.3 Å². The SMILES string of the molecule is CCNCc1cc(F)c(SC2CCCC2)c(F)c1. The monoisotopic (exact) mass is 271 g/mol. The number of nitrogens with one attached hydrogen (secondary N) is 1. The fourth-order valence-corrected chi connectivity index (χ4v) is 3.51. The van der Waals surface area contributed by atoms with Crippen LogP contribution in [-0.4, -0.2) is 11.8 Å². The minimum Gasteiger partial charge on any atom is -0.313 e. The van der Waals surface area contributed by atoms with Crippen LogP contribution in [0, 0.1) is 11.6 Å². The van der Waals surface area contributed by atoms with E-state index < -0.39 is 11.6 Å². The fourth-order valence-electron chi connectivity index (χ4n) is 2.27. The summed E-state index contributed by atoms with van der Waals surface area (Å²) in [5.41, 5.74) is 0.669. The minimum absolute atomic E-state index is 0.196. The number of thioether (sulfide) groups is 1. The number of halogens is 2. The molecule has 1 fully saturated rings. The maximum Gasteiger partial charge on any atom is 0.140 e. The molecule has 1 aliphatic rings. The van der Waals surface area contributed by atoms with E-state index in [0.717, 1.165) is 19.4 Å². The Morgan fingerprint density at radius 2 is 1.83 bits per heavy atom. The van der Waals surface area contributed by atoms with Gasteiger partial charge in [-0.15, -0.1) is 11.8 Å². The van der Waals surface area contributed by atoms with Crippen LogP contribution in [0.4, 0.5) is 8.78 Å². The van der Waals surface area contributed by atoms with Crippen molar-refractivity contribution in [2.45, 2.75) is 49.3 Å². The Balaban J connectivity index is 2.10. The smallest absolute Gasteiger partial charge is 0.140 e. The van der Waals surface area contributed by atoms with Gasteiger partial charge in [0.2, 0.25) is 0 Å². The Labute approximate surface area is 111 Å². The Morgan fingerprint density at radius 1 is 1.22 bits per heavy atom. The van der Waals surface area contributed by atoms with Gasteiger partial charge in [-0.25, -0.2) is 8.78 Å². The molecule has 0 atom stereocenters. The van der Waals surface area contributed by atoms with Crippen LogP contribution in [0.15, 0.2) is 17.0 Å². The molecule has 0 amide bonds. The van der Waals surface area contributed by atoms with Crippen molar-refractivity contribution in [3.8, 4) is 0 Å². The molecule has 100 valence electrons. The molecule has 0 aromatic heterocycles. The van der Waals surface area contributed by atoms with Crippen molar-refractivity contribution in [2.24, 2.45) is 0 Å². The van der Waals surface area contributed by atoms with Gasteiger partial charge in [-0.1, -0.05) is 19.8 Å². The van der Waals surface area contributed by atoms with Crippen LogP contribution in [-0.2, 0) is 6.54 Å². The molecule has 2 rings (SSSR count). The summed E-state index contributed by atoms with van der Waals surface area (Å²) < 4.78 is 27.8. The molecular formula is C14H19F2NS. The lowest BCUT2D eigenvalue weighted by atomic mass is 10.2. The molecule has 1 aliphatic carbocycles. The highest BCUT2D eigenvalue weighted by Crippen LogP contribution is 2.37. The van der Waals surface area contributed by atoms with Crippen LogP contribution in [0.1, 0.15) is 38.2 Å². The van der Waals surface area contributed by atoms with Crippen LogP contribution in [0.5, 0.6) is 0 Å². The van der Waals surface area contributed by atoms with Gasteiger partial charge in [-0.3, -0.25) is 0 Å². The van der Waals surface area contributed by atoms with Crippen molar-refractivity contribution in [1.82, 2.24) is 5.32 Å². The van der Waals surface area contributed by atoms with Gasteiger partial charge in [0.25, 0.3) is 0 Å². The van der Waals surface area contributed by atoms with Crippen molar-refractivity contribution in [2.75, 3.05) is 6.54 Å². The Hall–Kier alpha value is -0.610. The van der Waals surface area contributed by atoms with E-state index in [1.165, 1.54) is 36.7 Å². The molecule has 1 aromatic carbocycles. The molecule has 0 bridgehead atoms. The number of hydrogen-bond donors (Lipinski definition) is 1. The molecule has 0 radical (unpaired) electrons. The number of rotatable bonds is 5. The molecule has 18 heavy (non-hydrogen) atoms. The fraction of sp³-hybridized carbons (Fsp3) is 0.571. The summed E-state index contributed by atoms with van der Waals surface area (Å²) in [6.45, 7) is 3.28. The molecule has 1 N–H and O–H groups in total. The van der Waals surface area contributed by atoms with Gasteiger partial charge in [-0.2, -0.15) is 0 Å². The zero-order valence-electron chi connectivity index (χ0n) is 10.6. The van der Waals surface area contributed by atoms with Crippen LogP contribution in [0.3, 0.4) is 0 Å². The summed E-state index contributed by atoms with van der Waals surface area (Å²) >= 11 is 1.37. The van der Waals surface area contributed by atoms with Gasteiger partial charge in [-0.05, 0) is 37.1 Å². The summed E-state index contributed by atoms with van der Waals surface area (Å²) in [6, 6.07) is 2.89. The molecule has 1 saturated carbocycles. The largest absolute Gasteiger partial charge is 0.313 e. The van der Waals surface area contributed by atoms with E-state index in [0.29, 0.717) is 17.4 Å². The number of benzene rings is 1. The van der Waals surface area contributed by atoms with Gasteiger partial charge in [0.1, 0.15) is 11.6 Å². The maximum atomic E-state index is 13.9. The average Bonchev–Trinajstić information content (AvgIpc) is 2.84. The van der Waals surface area contributed by atoms with E-state index in [4.69, 9.17) is 0 Å². The summed E-state index contributed by atoms with van der Waals surface area (Å²) in [5.74, 6) is -0.834. The van der Waals surface area contributed by atoms with Crippen molar-refractivity contribution < 1.29 is 8.78 Å². The zero-order chi connectivity index (χ0) is 13.0. The lowest BCUT2D eigenvalue weighted by Crippen LogP contribution is -2.12. The standard InChI is InChI=1S/C14H19F2NS/c1-2-17-9-10-7-12(15)14(13(16)8-10)18-11-5-3-4-6-11/h7-8,11,17H,2-6,9H2,1H3. The third-order valence-corrected chi connectivity index (χ3v) is 4.65. The molecule has 0 unspecified atom stereocenters. The van der Waals surface area contributed by atoms with E-state index in [-0.39, 0.29) is 4.90 Å². The first kappa shape index (κ1) is 13.8. The summed E-state index contributed by atoms with van der Waals surface area (Å²) in [4.78, 5) is 0.196. The summed E-state index contributed by atoms with van der Waals surface area (Å²) in [6.07, 6.45) is 4.50. The zero-order valence-corrected chi connectivity index (χ0v) is 11.5. The lowest BCUT2D eigenvalue weighted by molar-refractivity contribution is 0.534. The predicted octanol–water partition coefficient (Wildman–Crippen LogP) is 4.11. The highest BCUT2D eigenvalue weighted by molar-refractivity contribution is 8.00. The Morgan fingerprint density at radius 3 is 2.39 bits per heavy atom. The first-order valence-electron chi connectivity index (χ1n) is 6.56. The molecule has 0 aliphatic heterocycles. The van der Waals surface area contributed by atoms with Crippen LogP contribution < -0.4 is 5.32 Å². The van der Waals surface area contributed by atoms with Crippen LogP contribution in [0.25, 0.3) is 0 Å². The first-order valence-corrected chi connectivity index (χ1v) is 7.44. The molecule has 1 aromatic rings. The lowest BCUT2D eigenvalue weighted by Gasteiger charge is -2.12. The van der Waals surface area contributed by atoms with Gasteiger partial charge >= 0.3 is 0 Å². The van der Waals surface area contributed by atoms with E-state index in [9.17, 15) is 8.78 Å². The molecule has 1 nitrogen and oxygen atoms in total. The van der Waals surface area contributed by atoms with Crippen LogP contribution in [0.2, 0.25) is 0 Å². The van der Waals surface area contributed by atoms with Crippen molar-refractivity contribution in [3.63, 3.8) is 0 Å². The van der Waals surface area contributed by atoms with E-state index >= 15 is 0 Å².